The smallest absolute Gasteiger partial charge is 0.406 e. The number of hydrogen-bond donors (Lipinski definition) is 0. The fourth-order valence-corrected chi connectivity index (χ4v) is 1.57. The van der Waals surface area contributed by atoms with Crippen molar-refractivity contribution in [3.8, 4) is 11.4 Å². The number of aromatic nitrogens is 2. The van der Waals surface area contributed by atoms with Crippen molar-refractivity contribution >= 4 is 11.6 Å². The summed E-state index contributed by atoms with van der Waals surface area (Å²) >= 11 is 5.98. The van der Waals surface area contributed by atoms with Crippen LogP contribution in [-0.4, -0.2) is 16.1 Å². The van der Waals surface area contributed by atoms with E-state index in [1.165, 1.54) is 28.9 Å². The number of ether oxygens (including phenoxy) is 1. The van der Waals surface area contributed by atoms with E-state index in [1.54, 1.807) is 13.1 Å². The zero-order valence-corrected chi connectivity index (χ0v) is 9.96. The summed E-state index contributed by atoms with van der Waals surface area (Å²) < 4.78 is 41.1. The molecule has 0 radical (unpaired) electrons. The van der Waals surface area contributed by atoms with Crippen molar-refractivity contribution in [2.45, 2.75) is 13.3 Å². The molecule has 0 N–H and O–H groups in total. The molecule has 0 aliphatic rings. The number of nitrogens with zero attached hydrogens (tertiary/aromatic N) is 2. The third-order valence-electron chi connectivity index (χ3n) is 2.19. The van der Waals surface area contributed by atoms with E-state index in [4.69, 9.17) is 11.6 Å². The number of alkyl halides is 3. The molecule has 0 saturated carbocycles. The molecule has 0 atom stereocenters. The van der Waals surface area contributed by atoms with Gasteiger partial charge < -0.3 is 4.74 Å². The Morgan fingerprint density at radius 3 is 2.28 bits per heavy atom. The summed E-state index contributed by atoms with van der Waals surface area (Å²) in [5.41, 5.74) is 1.34. The van der Waals surface area contributed by atoms with Crippen molar-refractivity contribution in [3.05, 3.63) is 41.2 Å². The lowest BCUT2D eigenvalue weighted by molar-refractivity contribution is -0.274. The first-order valence-electron chi connectivity index (χ1n) is 4.93. The van der Waals surface area contributed by atoms with Crippen molar-refractivity contribution in [3.63, 3.8) is 0 Å². The van der Waals surface area contributed by atoms with Crippen LogP contribution in [0, 0.1) is 6.92 Å². The van der Waals surface area contributed by atoms with Crippen molar-refractivity contribution in [2.24, 2.45) is 0 Å². The van der Waals surface area contributed by atoms with E-state index in [0.29, 0.717) is 10.8 Å². The van der Waals surface area contributed by atoms with Crippen molar-refractivity contribution in [1.82, 2.24) is 9.78 Å². The molecule has 2 rings (SSSR count). The Kier molecular flexibility index (Phi) is 3.21. The second kappa shape index (κ2) is 4.53. The molecule has 7 heteroatoms. The first kappa shape index (κ1) is 12.8. The second-order valence-electron chi connectivity index (χ2n) is 3.57. The van der Waals surface area contributed by atoms with Gasteiger partial charge in [0.25, 0.3) is 0 Å². The minimum absolute atomic E-state index is 0.286. The lowest BCUT2D eigenvalue weighted by Crippen LogP contribution is -2.17. The van der Waals surface area contributed by atoms with Gasteiger partial charge in [0.15, 0.2) is 0 Å². The Labute approximate surface area is 106 Å². The van der Waals surface area contributed by atoms with Crippen LogP contribution in [0.1, 0.15) is 5.56 Å². The Morgan fingerprint density at radius 2 is 1.83 bits per heavy atom. The average molecular weight is 277 g/mol. The molecular weight excluding hydrogens is 269 g/mol. The predicted octanol–water partition coefficient (Wildman–Crippen LogP) is 3.73. The minimum atomic E-state index is -4.69. The van der Waals surface area contributed by atoms with Gasteiger partial charge in [-0.3, -0.25) is 0 Å². The molecular formula is C11H8ClF3N2O. The first-order chi connectivity index (χ1) is 8.37. The third kappa shape index (κ3) is 2.76. The Balaban J connectivity index is 2.25. The highest BCUT2D eigenvalue weighted by Crippen LogP contribution is 2.25. The van der Waals surface area contributed by atoms with Gasteiger partial charge in [0.05, 0.1) is 11.9 Å². The molecule has 0 spiro atoms. The molecule has 0 bridgehead atoms. The largest absolute Gasteiger partial charge is 0.573 e. The molecule has 0 saturated heterocycles. The lowest BCUT2D eigenvalue weighted by Gasteiger charge is -2.09. The van der Waals surface area contributed by atoms with Crippen molar-refractivity contribution in [2.75, 3.05) is 0 Å². The second-order valence-corrected chi connectivity index (χ2v) is 3.93. The number of benzene rings is 1. The number of aryl methyl sites for hydroxylation is 1. The Hall–Kier alpha value is -1.69. The Bertz CT molecular complexity index is 548. The lowest BCUT2D eigenvalue weighted by atomic mass is 10.3. The predicted molar refractivity (Wildman–Crippen MR) is 60.0 cm³/mol. The van der Waals surface area contributed by atoms with Gasteiger partial charge in [0.2, 0.25) is 0 Å². The van der Waals surface area contributed by atoms with Crippen molar-refractivity contribution in [1.29, 1.82) is 0 Å². The molecule has 3 nitrogen and oxygen atoms in total. The van der Waals surface area contributed by atoms with E-state index in [2.05, 4.69) is 9.84 Å². The summed E-state index contributed by atoms with van der Waals surface area (Å²) in [6, 6.07) is 5.30. The molecule has 0 amide bonds. The van der Waals surface area contributed by atoms with Crippen LogP contribution in [-0.2, 0) is 0 Å². The average Bonchev–Trinajstić information content (AvgIpc) is 2.59. The summed E-state index contributed by atoms with van der Waals surface area (Å²) in [5.74, 6) is -0.286. The van der Waals surface area contributed by atoms with Crippen LogP contribution in [0.5, 0.6) is 5.75 Å². The normalized spacial score (nSPS) is 11.6. The van der Waals surface area contributed by atoms with Crippen LogP contribution in [0.4, 0.5) is 13.2 Å². The van der Waals surface area contributed by atoms with Crippen LogP contribution < -0.4 is 4.74 Å². The van der Waals surface area contributed by atoms with Gasteiger partial charge in [0, 0.05) is 5.56 Å². The summed E-state index contributed by atoms with van der Waals surface area (Å²) in [6.07, 6.45) is -3.12. The third-order valence-corrected chi connectivity index (χ3v) is 2.65. The van der Waals surface area contributed by atoms with Crippen LogP contribution in [0.3, 0.4) is 0 Å². The summed E-state index contributed by atoms with van der Waals surface area (Å²) in [7, 11) is 0. The summed E-state index contributed by atoms with van der Waals surface area (Å²) in [4.78, 5) is 0. The van der Waals surface area contributed by atoms with Gasteiger partial charge in [-0.05, 0) is 31.2 Å². The van der Waals surface area contributed by atoms with E-state index in [9.17, 15) is 13.2 Å². The highest BCUT2D eigenvalue weighted by Gasteiger charge is 2.30. The van der Waals surface area contributed by atoms with Crippen molar-refractivity contribution < 1.29 is 17.9 Å². The molecule has 0 unspecified atom stereocenters. The standard InChI is InChI=1S/C11H8ClF3N2O/c1-7-6-16-17(10(7)12)8-2-4-9(5-3-8)18-11(13,14)15/h2-6H,1H3. The van der Waals surface area contributed by atoms with E-state index in [-0.39, 0.29) is 5.75 Å². The van der Waals surface area contributed by atoms with Crippen LogP contribution in [0.2, 0.25) is 5.15 Å². The maximum absolute atomic E-state index is 12.0. The van der Waals surface area contributed by atoms with E-state index < -0.39 is 6.36 Å². The minimum Gasteiger partial charge on any atom is -0.406 e. The summed E-state index contributed by atoms with van der Waals surface area (Å²) in [6.45, 7) is 1.78. The monoisotopic (exact) mass is 276 g/mol. The molecule has 18 heavy (non-hydrogen) atoms. The summed E-state index contributed by atoms with van der Waals surface area (Å²) in [5, 5.41) is 4.43. The molecule has 1 aromatic carbocycles. The van der Waals surface area contributed by atoms with E-state index in [0.717, 1.165) is 5.56 Å². The van der Waals surface area contributed by atoms with Crippen LogP contribution >= 0.6 is 11.6 Å². The van der Waals surface area contributed by atoms with Gasteiger partial charge >= 0.3 is 6.36 Å². The molecule has 96 valence electrons. The van der Waals surface area contributed by atoms with Gasteiger partial charge in [-0.2, -0.15) is 5.10 Å². The number of rotatable bonds is 2. The highest BCUT2D eigenvalue weighted by atomic mass is 35.5. The molecule has 1 aromatic heterocycles. The SMILES string of the molecule is Cc1cnn(-c2ccc(OC(F)(F)F)cc2)c1Cl. The maximum atomic E-state index is 12.0. The van der Waals surface area contributed by atoms with E-state index >= 15 is 0 Å². The molecule has 0 aliphatic carbocycles. The fourth-order valence-electron chi connectivity index (χ4n) is 1.38. The topological polar surface area (TPSA) is 27.1 Å². The highest BCUT2D eigenvalue weighted by molar-refractivity contribution is 6.30. The van der Waals surface area contributed by atoms with Gasteiger partial charge in [-0.1, -0.05) is 11.6 Å². The fraction of sp³-hybridized carbons (Fsp3) is 0.182. The quantitative estimate of drug-likeness (QED) is 0.836. The number of halogens is 4. The number of hydrogen-bond acceptors (Lipinski definition) is 2. The molecule has 1 heterocycles. The van der Waals surface area contributed by atoms with Crippen LogP contribution in [0.15, 0.2) is 30.5 Å². The Morgan fingerprint density at radius 1 is 1.22 bits per heavy atom. The van der Waals surface area contributed by atoms with Gasteiger partial charge in [-0.15, -0.1) is 13.2 Å². The maximum Gasteiger partial charge on any atom is 0.573 e. The van der Waals surface area contributed by atoms with E-state index in [1.807, 2.05) is 0 Å². The molecule has 2 aromatic rings. The van der Waals surface area contributed by atoms with Crippen LogP contribution in [0.25, 0.3) is 5.69 Å². The van der Waals surface area contributed by atoms with Gasteiger partial charge in [-0.25, -0.2) is 4.68 Å². The molecule has 0 fully saturated rings. The van der Waals surface area contributed by atoms with Gasteiger partial charge in [0.1, 0.15) is 10.9 Å². The molecule has 0 aliphatic heterocycles. The zero-order valence-electron chi connectivity index (χ0n) is 9.20. The first-order valence-corrected chi connectivity index (χ1v) is 5.31. The zero-order chi connectivity index (χ0) is 13.3.